The lowest BCUT2D eigenvalue weighted by atomic mass is 10.2. The van der Waals surface area contributed by atoms with Gasteiger partial charge in [-0.1, -0.05) is 48.2 Å². The lowest BCUT2D eigenvalue weighted by Gasteiger charge is -2.07. The van der Waals surface area contributed by atoms with Crippen LogP contribution in [0.4, 0.5) is 4.39 Å². The summed E-state index contributed by atoms with van der Waals surface area (Å²) in [5.41, 5.74) is 2.13. The van der Waals surface area contributed by atoms with Gasteiger partial charge in [-0.2, -0.15) is 15.0 Å². The van der Waals surface area contributed by atoms with E-state index in [4.69, 9.17) is 0 Å². The van der Waals surface area contributed by atoms with Crippen molar-refractivity contribution in [2.45, 2.75) is 17.5 Å². The fourth-order valence-electron chi connectivity index (χ4n) is 2.72. The fourth-order valence-corrected chi connectivity index (χ4v) is 3.54. The van der Waals surface area contributed by atoms with Crippen LogP contribution in [0.1, 0.15) is 5.69 Å². The first kappa shape index (κ1) is 18.1. The summed E-state index contributed by atoms with van der Waals surface area (Å²) in [5.74, 6) is 0.718. The van der Waals surface area contributed by atoms with Crippen molar-refractivity contribution in [2.75, 3.05) is 0 Å². The normalized spacial score (nSPS) is 10.9. The van der Waals surface area contributed by atoms with Gasteiger partial charge in [0.1, 0.15) is 5.82 Å². The minimum Gasteiger partial charge on any atom is -0.298 e. The molecule has 2 aromatic carbocycles. The zero-order chi connectivity index (χ0) is 19.3. The van der Waals surface area contributed by atoms with Crippen molar-refractivity contribution in [3.8, 4) is 17.1 Å². The monoisotopic (exact) mass is 392 g/mol. The van der Waals surface area contributed by atoms with E-state index < -0.39 is 0 Å². The maximum atomic E-state index is 14.2. The minimum absolute atomic E-state index is 0.331. The lowest BCUT2D eigenvalue weighted by molar-refractivity contribution is 0.626. The highest BCUT2D eigenvalue weighted by atomic mass is 32.2. The Labute approximate surface area is 165 Å². The van der Waals surface area contributed by atoms with E-state index in [-0.39, 0.29) is 5.82 Å². The number of halogens is 1. The number of rotatable bonds is 7. The molecule has 28 heavy (non-hydrogen) atoms. The van der Waals surface area contributed by atoms with Crippen LogP contribution in [0.2, 0.25) is 0 Å². The number of allylic oxidation sites excluding steroid dienone is 1. The molecule has 140 valence electrons. The van der Waals surface area contributed by atoms with Crippen LogP contribution in [0.15, 0.2) is 78.6 Å². The molecule has 2 heterocycles. The number of benzene rings is 2. The number of aromatic nitrogens is 6. The summed E-state index contributed by atoms with van der Waals surface area (Å²) in [6, 6.07) is 16.2. The predicted molar refractivity (Wildman–Crippen MR) is 107 cm³/mol. The molecule has 0 amide bonds. The molecule has 0 aliphatic rings. The van der Waals surface area contributed by atoms with E-state index in [1.165, 1.54) is 17.8 Å². The highest BCUT2D eigenvalue weighted by Crippen LogP contribution is 2.27. The lowest BCUT2D eigenvalue weighted by Crippen LogP contribution is -2.02. The molecule has 0 unspecified atom stereocenters. The molecule has 8 heteroatoms. The largest absolute Gasteiger partial charge is 0.298 e. The van der Waals surface area contributed by atoms with Crippen LogP contribution in [-0.2, 0) is 12.3 Å². The fraction of sp³-hybridized carbons (Fsp3) is 0.100. The highest BCUT2D eigenvalue weighted by Gasteiger charge is 2.17. The van der Waals surface area contributed by atoms with Gasteiger partial charge in [-0.25, -0.2) is 4.39 Å². The van der Waals surface area contributed by atoms with Gasteiger partial charge in [-0.05, 0) is 24.3 Å². The van der Waals surface area contributed by atoms with Crippen LogP contribution in [-0.4, -0.2) is 29.8 Å². The summed E-state index contributed by atoms with van der Waals surface area (Å²) < 4.78 is 16.0. The van der Waals surface area contributed by atoms with E-state index >= 15 is 0 Å². The summed E-state index contributed by atoms with van der Waals surface area (Å²) in [6.45, 7) is 4.27. The summed E-state index contributed by atoms with van der Waals surface area (Å²) in [5, 5.41) is 17.9. The molecule has 0 bridgehead atoms. The Bertz CT molecular complexity index is 1090. The van der Waals surface area contributed by atoms with Crippen LogP contribution >= 0.6 is 11.8 Å². The smallest absolute Gasteiger partial charge is 0.192 e. The molecule has 0 radical (unpaired) electrons. The van der Waals surface area contributed by atoms with Gasteiger partial charge >= 0.3 is 0 Å². The first-order valence-electron chi connectivity index (χ1n) is 8.64. The van der Waals surface area contributed by atoms with Gasteiger partial charge in [0.25, 0.3) is 0 Å². The van der Waals surface area contributed by atoms with Crippen molar-refractivity contribution in [2.24, 2.45) is 0 Å². The number of para-hydroxylation sites is 1. The van der Waals surface area contributed by atoms with Gasteiger partial charge in [-0.15, -0.1) is 16.8 Å². The average molecular weight is 392 g/mol. The third kappa shape index (κ3) is 3.72. The Balaban J connectivity index is 1.55. The third-order valence-electron chi connectivity index (χ3n) is 4.02. The second-order valence-electron chi connectivity index (χ2n) is 5.93. The highest BCUT2D eigenvalue weighted by molar-refractivity contribution is 7.98. The minimum atomic E-state index is -0.331. The van der Waals surface area contributed by atoms with Gasteiger partial charge in [0.05, 0.1) is 23.1 Å². The molecule has 0 atom stereocenters. The van der Waals surface area contributed by atoms with E-state index in [2.05, 4.69) is 27.0 Å². The van der Waals surface area contributed by atoms with Crippen LogP contribution in [0.5, 0.6) is 0 Å². The van der Waals surface area contributed by atoms with Crippen molar-refractivity contribution in [3.63, 3.8) is 0 Å². The first-order chi connectivity index (χ1) is 13.8. The summed E-state index contributed by atoms with van der Waals surface area (Å²) in [6.07, 6.45) is 3.47. The van der Waals surface area contributed by atoms with Gasteiger partial charge < -0.3 is 0 Å². The summed E-state index contributed by atoms with van der Waals surface area (Å²) in [4.78, 5) is 1.59. The molecule has 2 aromatic heterocycles. The molecule has 0 aliphatic heterocycles. The topological polar surface area (TPSA) is 61.4 Å². The van der Waals surface area contributed by atoms with E-state index in [1.807, 2.05) is 34.9 Å². The molecule has 0 saturated carbocycles. The van der Waals surface area contributed by atoms with Crippen LogP contribution in [0, 0.1) is 5.82 Å². The number of hydrogen-bond donors (Lipinski definition) is 0. The molecular formula is C20H17FN6S. The van der Waals surface area contributed by atoms with E-state index in [1.54, 1.807) is 35.3 Å². The molecule has 4 rings (SSSR count). The first-order valence-corrected chi connectivity index (χ1v) is 9.63. The molecule has 0 saturated heterocycles. The second-order valence-corrected chi connectivity index (χ2v) is 6.88. The third-order valence-corrected chi connectivity index (χ3v) is 5.02. The Hall–Kier alpha value is -3.26. The zero-order valence-electron chi connectivity index (χ0n) is 14.9. The van der Waals surface area contributed by atoms with Crippen molar-refractivity contribution in [1.29, 1.82) is 0 Å². The van der Waals surface area contributed by atoms with Gasteiger partial charge in [-0.3, -0.25) is 4.57 Å². The molecule has 0 spiro atoms. The summed E-state index contributed by atoms with van der Waals surface area (Å²) in [7, 11) is 0. The van der Waals surface area contributed by atoms with Crippen molar-refractivity contribution >= 4 is 11.8 Å². The Morgan fingerprint density at radius 1 is 1.04 bits per heavy atom. The zero-order valence-corrected chi connectivity index (χ0v) is 15.8. The van der Waals surface area contributed by atoms with E-state index in [0.29, 0.717) is 28.8 Å². The number of thioether (sulfide) groups is 1. The van der Waals surface area contributed by atoms with Crippen LogP contribution in [0.25, 0.3) is 17.1 Å². The molecule has 4 aromatic rings. The summed E-state index contributed by atoms with van der Waals surface area (Å²) >= 11 is 1.47. The molecule has 6 nitrogen and oxygen atoms in total. The van der Waals surface area contributed by atoms with Crippen molar-refractivity contribution in [3.05, 3.63) is 85.0 Å². The SMILES string of the molecule is C=CCn1c(SCc2cnn(-c3ccccc3)n2)nnc1-c1ccccc1F. The quantitative estimate of drug-likeness (QED) is 0.349. The van der Waals surface area contributed by atoms with Gasteiger partial charge in [0.2, 0.25) is 0 Å². The van der Waals surface area contributed by atoms with Gasteiger partial charge in [0, 0.05) is 12.3 Å². The second kappa shape index (κ2) is 8.18. The maximum Gasteiger partial charge on any atom is 0.192 e. The van der Waals surface area contributed by atoms with Crippen molar-refractivity contribution < 1.29 is 4.39 Å². The predicted octanol–water partition coefficient (Wildman–Crippen LogP) is 4.14. The van der Waals surface area contributed by atoms with Crippen LogP contribution in [0.3, 0.4) is 0 Å². The maximum absolute atomic E-state index is 14.2. The van der Waals surface area contributed by atoms with E-state index in [9.17, 15) is 4.39 Å². The molecule has 0 aliphatic carbocycles. The average Bonchev–Trinajstić information content (AvgIpc) is 3.35. The molecule has 0 N–H and O–H groups in total. The van der Waals surface area contributed by atoms with E-state index in [0.717, 1.165) is 11.4 Å². The number of nitrogens with zero attached hydrogens (tertiary/aromatic N) is 6. The van der Waals surface area contributed by atoms with Gasteiger partial charge in [0.15, 0.2) is 11.0 Å². The molecular weight excluding hydrogens is 375 g/mol. The molecule has 0 fully saturated rings. The Morgan fingerprint density at radius 2 is 1.82 bits per heavy atom. The Morgan fingerprint density at radius 3 is 2.61 bits per heavy atom. The van der Waals surface area contributed by atoms with Crippen LogP contribution < -0.4 is 0 Å². The standard InChI is InChI=1S/C20H17FN6S/c1-2-12-26-19(17-10-6-7-11-18(17)21)23-24-20(26)28-14-15-13-22-27(25-15)16-8-4-3-5-9-16/h2-11,13H,1,12,14H2. The number of hydrogen-bond acceptors (Lipinski definition) is 5. The van der Waals surface area contributed by atoms with Crippen molar-refractivity contribution in [1.82, 2.24) is 29.8 Å². The Kier molecular flexibility index (Phi) is 5.29.